The molecule has 0 aliphatic heterocycles. The Kier molecular flexibility index (Phi) is 7.46. The second-order valence-electron chi connectivity index (χ2n) is 3.91. The van der Waals surface area contributed by atoms with Crippen LogP contribution in [-0.4, -0.2) is 24.2 Å². The molecule has 0 bridgehead atoms. The van der Waals surface area contributed by atoms with Gasteiger partial charge in [0.1, 0.15) is 5.82 Å². The third-order valence-electron chi connectivity index (χ3n) is 2.33. The second-order valence-corrected chi connectivity index (χ2v) is 5.18. The van der Waals surface area contributed by atoms with Gasteiger partial charge in [-0.3, -0.25) is 4.79 Å². The first-order valence-electron chi connectivity index (χ1n) is 6.18. The van der Waals surface area contributed by atoms with Gasteiger partial charge in [-0.05, 0) is 59.7 Å². The smallest absolute Gasteiger partial charge is 0.305 e. The van der Waals surface area contributed by atoms with Crippen LogP contribution in [0.4, 0.5) is 10.1 Å². The molecule has 4 nitrogen and oxygen atoms in total. The molecule has 1 aromatic rings. The van der Waals surface area contributed by atoms with Crippen LogP contribution in [-0.2, 0) is 9.53 Å². The van der Waals surface area contributed by atoms with E-state index in [1.165, 1.54) is 12.1 Å². The van der Waals surface area contributed by atoms with Gasteiger partial charge in [-0.15, -0.1) is 0 Å². The summed E-state index contributed by atoms with van der Waals surface area (Å²) in [6.45, 7) is 2.73. The van der Waals surface area contributed by atoms with E-state index in [1.807, 2.05) is 0 Å². The summed E-state index contributed by atoms with van der Waals surface area (Å²) in [7, 11) is 0. The fourth-order valence-electron chi connectivity index (χ4n) is 1.43. The number of carbonyl (C=O) groups excluding carboxylic acids is 1. The largest absolute Gasteiger partial charge is 0.466 e. The first-order valence-corrected chi connectivity index (χ1v) is 7.38. The monoisotopic (exact) mass is 362 g/mol. The molecule has 0 saturated heterocycles. The fourth-order valence-corrected chi connectivity index (χ4v) is 2.09. The van der Waals surface area contributed by atoms with Crippen molar-refractivity contribution in [2.45, 2.75) is 19.8 Å². The molecule has 2 N–H and O–H groups in total. The van der Waals surface area contributed by atoms with E-state index in [4.69, 9.17) is 17.0 Å². The van der Waals surface area contributed by atoms with Gasteiger partial charge in [-0.25, -0.2) is 4.39 Å². The number of esters is 1. The molecule has 7 heteroatoms. The number of hydrogen-bond acceptors (Lipinski definition) is 3. The predicted molar refractivity (Wildman–Crippen MR) is 84.2 cm³/mol. The van der Waals surface area contributed by atoms with Crippen LogP contribution < -0.4 is 10.6 Å². The lowest BCUT2D eigenvalue weighted by molar-refractivity contribution is -0.143. The predicted octanol–water partition coefficient (Wildman–Crippen LogP) is 3.22. The molecular formula is C13H16BrFN2O2S. The van der Waals surface area contributed by atoms with Crippen molar-refractivity contribution in [1.82, 2.24) is 5.32 Å². The number of halogens is 2. The SMILES string of the molecule is CCOC(=O)CCCNC(=S)Nc1ccc(F)cc1Br. The first kappa shape index (κ1) is 16.8. The Labute approximate surface area is 131 Å². The molecule has 0 aromatic heterocycles. The van der Waals surface area contributed by atoms with E-state index in [1.54, 1.807) is 13.0 Å². The summed E-state index contributed by atoms with van der Waals surface area (Å²) < 4.78 is 18.3. The van der Waals surface area contributed by atoms with Gasteiger partial charge < -0.3 is 15.4 Å². The van der Waals surface area contributed by atoms with Gasteiger partial charge >= 0.3 is 5.97 Å². The van der Waals surface area contributed by atoms with Gasteiger partial charge in [-0.1, -0.05) is 0 Å². The Morgan fingerprint density at radius 3 is 2.90 bits per heavy atom. The zero-order chi connectivity index (χ0) is 15.0. The van der Waals surface area contributed by atoms with E-state index < -0.39 is 0 Å². The van der Waals surface area contributed by atoms with Gasteiger partial charge in [0.05, 0.1) is 12.3 Å². The summed E-state index contributed by atoms with van der Waals surface area (Å²) in [6, 6.07) is 4.29. The molecule has 1 aromatic carbocycles. The lowest BCUT2D eigenvalue weighted by Gasteiger charge is -2.11. The van der Waals surface area contributed by atoms with Crippen LogP contribution in [0.15, 0.2) is 22.7 Å². The molecule has 0 radical (unpaired) electrons. The number of thiocarbonyl (C=S) groups is 1. The summed E-state index contributed by atoms with van der Waals surface area (Å²) in [5.74, 6) is -0.537. The maximum absolute atomic E-state index is 12.9. The normalized spacial score (nSPS) is 9.95. The van der Waals surface area contributed by atoms with Crippen LogP contribution in [0.5, 0.6) is 0 Å². The molecule has 1 rings (SSSR count). The van der Waals surface area contributed by atoms with Crippen molar-refractivity contribution in [2.75, 3.05) is 18.5 Å². The quantitative estimate of drug-likeness (QED) is 0.462. The minimum absolute atomic E-state index is 0.213. The average molecular weight is 363 g/mol. The number of anilines is 1. The molecule has 0 aliphatic rings. The van der Waals surface area contributed by atoms with E-state index in [2.05, 4.69) is 26.6 Å². The van der Waals surface area contributed by atoms with Crippen molar-refractivity contribution in [3.05, 3.63) is 28.5 Å². The highest BCUT2D eigenvalue weighted by molar-refractivity contribution is 9.10. The Balaban J connectivity index is 2.28. The summed E-state index contributed by atoms with van der Waals surface area (Å²) in [4.78, 5) is 11.1. The topological polar surface area (TPSA) is 50.4 Å². The summed E-state index contributed by atoms with van der Waals surface area (Å²) in [6.07, 6.45) is 0.981. The van der Waals surface area contributed by atoms with Crippen LogP contribution >= 0.6 is 28.1 Å². The first-order chi connectivity index (χ1) is 9.52. The van der Waals surface area contributed by atoms with Crippen molar-refractivity contribution < 1.29 is 13.9 Å². The van der Waals surface area contributed by atoms with E-state index in [0.29, 0.717) is 41.3 Å². The van der Waals surface area contributed by atoms with Gasteiger partial charge in [-0.2, -0.15) is 0 Å². The van der Waals surface area contributed by atoms with Crippen LogP contribution in [0.2, 0.25) is 0 Å². The summed E-state index contributed by atoms with van der Waals surface area (Å²) >= 11 is 8.35. The van der Waals surface area contributed by atoms with Gasteiger partial charge in [0.25, 0.3) is 0 Å². The Bertz CT molecular complexity index is 485. The van der Waals surface area contributed by atoms with Crippen LogP contribution in [0.25, 0.3) is 0 Å². The van der Waals surface area contributed by atoms with Gasteiger partial charge in [0, 0.05) is 17.4 Å². The molecule has 0 fully saturated rings. The second kappa shape index (κ2) is 8.86. The number of ether oxygens (including phenoxy) is 1. The summed E-state index contributed by atoms with van der Waals surface area (Å²) in [5, 5.41) is 6.33. The van der Waals surface area contributed by atoms with Gasteiger partial charge in [0.2, 0.25) is 0 Å². The Morgan fingerprint density at radius 2 is 2.25 bits per heavy atom. The average Bonchev–Trinajstić information content (AvgIpc) is 2.38. The fraction of sp³-hybridized carbons (Fsp3) is 0.385. The molecule has 110 valence electrons. The number of carbonyl (C=O) groups is 1. The highest BCUT2D eigenvalue weighted by atomic mass is 79.9. The van der Waals surface area contributed by atoms with E-state index in [0.717, 1.165) is 0 Å². The van der Waals surface area contributed by atoms with Crippen LogP contribution in [0.3, 0.4) is 0 Å². The molecule has 0 heterocycles. The number of benzene rings is 1. The molecule has 0 saturated carbocycles. The molecule has 0 atom stereocenters. The zero-order valence-electron chi connectivity index (χ0n) is 11.0. The molecule has 0 unspecified atom stereocenters. The van der Waals surface area contributed by atoms with Crippen LogP contribution in [0, 0.1) is 5.82 Å². The number of rotatable bonds is 6. The number of hydrogen-bond donors (Lipinski definition) is 2. The molecule has 0 amide bonds. The Hall–Kier alpha value is -1.21. The van der Waals surface area contributed by atoms with Crippen molar-refractivity contribution >= 4 is 44.9 Å². The zero-order valence-corrected chi connectivity index (χ0v) is 13.4. The molecule has 20 heavy (non-hydrogen) atoms. The van der Waals surface area contributed by atoms with Crippen molar-refractivity contribution in [1.29, 1.82) is 0 Å². The highest BCUT2D eigenvalue weighted by Gasteiger charge is 2.04. The van der Waals surface area contributed by atoms with E-state index in [9.17, 15) is 9.18 Å². The van der Waals surface area contributed by atoms with E-state index >= 15 is 0 Å². The molecule has 0 spiro atoms. The minimum atomic E-state index is -0.323. The minimum Gasteiger partial charge on any atom is -0.466 e. The molecule has 0 aliphatic carbocycles. The maximum atomic E-state index is 12.9. The third kappa shape index (κ3) is 6.29. The van der Waals surface area contributed by atoms with Crippen molar-refractivity contribution in [3.8, 4) is 0 Å². The highest BCUT2D eigenvalue weighted by Crippen LogP contribution is 2.22. The maximum Gasteiger partial charge on any atom is 0.305 e. The third-order valence-corrected chi connectivity index (χ3v) is 3.23. The standard InChI is InChI=1S/C13H16BrFN2O2S/c1-2-19-12(18)4-3-7-16-13(20)17-11-6-5-9(15)8-10(11)14/h5-6,8H,2-4,7H2,1H3,(H2,16,17,20). The van der Waals surface area contributed by atoms with Crippen molar-refractivity contribution in [2.24, 2.45) is 0 Å². The molecular weight excluding hydrogens is 347 g/mol. The Morgan fingerprint density at radius 1 is 1.50 bits per heavy atom. The summed E-state index contributed by atoms with van der Waals surface area (Å²) in [5.41, 5.74) is 0.675. The van der Waals surface area contributed by atoms with Crippen molar-refractivity contribution in [3.63, 3.8) is 0 Å². The lowest BCUT2D eigenvalue weighted by Crippen LogP contribution is -2.29. The number of nitrogens with one attached hydrogen (secondary N) is 2. The van der Waals surface area contributed by atoms with Crippen LogP contribution in [0.1, 0.15) is 19.8 Å². The van der Waals surface area contributed by atoms with E-state index in [-0.39, 0.29) is 11.8 Å². The van der Waals surface area contributed by atoms with Gasteiger partial charge in [0.15, 0.2) is 5.11 Å². The lowest BCUT2D eigenvalue weighted by atomic mass is 10.3.